The minimum atomic E-state index is 0. The molecule has 0 N–H and O–H groups in total. The third-order valence-corrected chi connectivity index (χ3v) is 2.06. The van der Waals surface area contributed by atoms with Crippen LogP contribution in [0.5, 0.6) is 0 Å². The predicted molar refractivity (Wildman–Crippen MR) is 74.6 cm³/mol. The Bertz CT molecular complexity index is 207. The third-order valence-electron chi connectivity index (χ3n) is 1.39. The highest BCUT2D eigenvalue weighted by Crippen LogP contribution is 1.76. The summed E-state index contributed by atoms with van der Waals surface area (Å²) in [7, 11) is 4.08. The summed E-state index contributed by atoms with van der Waals surface area (Å²) >= 11 is 5.92. The molecule has 0 saturated heterocycles. The van der Waals surface area contributed by atoms with E-state index >= 15 is 0 Å². The van der Waals surface area contributed by atoms with Gasteiger partial charge < -0.3 is 4.90 Å². The first-order valence-corrected chi connectivity index (χ1v) is 5.63. The quantitative estimate of drug-likeness (QED) is 0.638. The van der Waals surface area contributed by atoms with Gasteiger partial charge in [0.15, 0.2) is 0 Å². The zero-order valence-electron chi connectivity index (χ0n) is 8.81. The van der Waals surface area contributed by atoms with Crippen molar-refractivity contribution in [3.05, 3.63) is 30.3 Å². The maximum Gasteiger partial charge on any atom is 1.47 e. The van der Waals surface area contributed by atoms with Crippen molar-refractivity contribution in [3.63, 3.8) is 0 Å². The van der Waals surface area contributed by atoms with Crippen LogP contribution >= 0.6 is 29.6 Å². The van der Waals surface area contributed by atoms with Gasteiger partial charge in [-0.1, -0.05) is 18.2 Å². The van der Waals surface area contributed by atoms with Crippen LogP contribution in [0.25, 0.3) is 0 Å². The standard InChI is InChI=1S/C6H5.C4H11NS.BrH.Mg/c1-2-4-6-5-3-1;1-5(2)3-4-6;;/h1-5H;6H,3-4H2,1-2H3;1H;/q;;;+2. The van der Waals surface area contributed by atoms with E-state index in [-0.39, 0.29) is 17.0 Å². The zero-order valence-corrected chi connectivity index (χ0v) is 12.8. The Balaban J connectivity index is 0. The molecule has 0 aromatic heterocycles. The lowest BCUT2D eigenvalue weighted by Crippen LogP contribution is -2.13. The molecule has 1 rings (SSSR count). The van der Waals surface area contributed by atoms with Gasteiger partial charge in [0.25, 0.3) is 0 Å². The van der Waals surface area contributed by atoms with Crippen molar-refractivity contribution in [1.82, 2.24) is 4.90 Å². The molecule has 0 spiro atoms. The maximum atomic E-state index is 4.02. The van der Waals surface area contributed by atoms with E-state index in [2.05, 4.69) is 29.7 Å². The highest BCUT2D eigenvalue weighted by atomic mass is 79.9. The van der Waals surface area contributed by atoms with Gasteiger partial charge in [-0.05, 0) is 14.1 Å². The average molecular weight is 288 g/mol. The summed E-state index contributed by atoms with van der Waals surface area (Å²) in [5.74, 6) is 0.951. The Kier molecular flexibility index (Phi) is 14.5. The van der Waals surface area contributed by atoms with E-state index in [1.165, 1.54) is 3.69 Å². The molecule has 75 valence electrons. The minimum absolute atomic E-state index is 0. The van der Waals surface area contributed by atoms with Gasteiger partial charge in [-0.15, -0.1) is 17.0 Å². The Morgan fingerprint density at radius 2 is 1.71 bits per heavy atom. The Morgan fingerprint density at radius 1 is 1.21 bits per heavy atom. The lowest BCUT2D eigenvalue weighted by Gasteiger charge is -2.03. The van der Waals surface area contributed by atoms with Gasteiger partial charge in [0.2, 0.25) is 0 Å². The van der Waals surface area contributed by atoms with Crippen LogP contribution in [-0.4, -0.2) is 53.0 Å². The van der Waals surface area contributed by atoms with Crippen LogP contribution in [0.1, 0.15) is 0 Å². The summed E-state index contributed by atoms with van der Waals surface area (Å²) < 4.78 is 1.35. The number of hydrogen-bond acceptors (Lipinski definition) is 2. The van der Waals surface area contributed by atoms with E-state index in [0.717, 1.165) is 12.3 Å². The second kappa shape index (κ2) is 11.8. The molecule has 1 nitrogen and oxygen atoms in total. The smallest absolute Gasteiger partial charge is 0.309 e. The van der Waals surface area contributed by atoms with Gasteiger partial charge in [0, 0.05) is 24.4 Å². The Morgan fingerprint density at radius 3 is 1.86 bits per heavy atom. The highest BCUT2D eigenvalue weighted by molar-refractivity contribution is 8.93. The van der Waals surface area contributed by atoms with Crippen molar-refractivity contribution in [2.24, 2.45) is 0 Å². The van der Waals surface area contributed by atoms with Gasteiger partial charge in [-0.3, -0.25) is 0 Å². The van der Waals surface area contributed by atoms with Crippen LogP contribution in [0, 0.1) is 0 Å². The second-order valence-electron chi connectivity index (χ2n) is 3.01. The molecule has 14 heavy (non-hydrogen) atoms. The van der Waals surface area contributed by atoms with Gasteiger partial charge in [0.05, 0.1) is 0 Å². The molecule has 1 aromatic rings. The molecule has 0 aliphatic carbocycles. The summed E-state index contributed by atoms with van der Waals surface area (Å²) in [6, 6.07) is 10.3. The van der Waals surface area contributed by atoms with E-state index in [4.69, 9.17) is 0 Å². The molecule has 0 bridgehead atoms. The predicted octanol–water partition coefficient (Wildman–Crippen LogP) is 1.54. The summed E-state index contributed by atoms with van der Waals surface area (Å²) in [5.41, 5.74) is 0. The highest BCUT2D eigenvalue weighted by Gasteiger charge is 2.28. The van der Waals surface area contributed by atoms with Crippen molar-refractivity contribution >= 4 is 55.0 Å². The molecule has 1 aromatic carbocycles. The monoisotopic (exact) mass is 286 g/mol. The van der Waals surface area contributed by atoms with Crippen LogP contribution in [0.2, 0.25) is 0 Å². The molecule has 0 fully saturated rings. The maximum absolute atomic E-state index is 4.02. The van der Waals surface area contributed by atoms with Crippen LogP contribution in [0.15, 0.2) is 30.3 Å². The molecular weight excluding hydrogens is 270 g/mol. The van der Waals surface area contributed by atoms with E-state index in [1.807, 2.05) is 54.0 Å². The number of thiol groups is 1. The van der Waals surface area contributed by atoms with E-state index < -0.39 is 0 Å². The number of benzene rings is 1. The molecule has 0 unspecified atom stereocenters. The first-order chi connectivity index (χ1) is 6.16. The SMILES string of the molecule is Br.CN(C)CCS.[Mg+2][c]1ccccc1. The fourth-order valence-electron chi connectivity index (χ4n) is 0.678. The lowest BCUT2D eigenvalue weighted by atomic mass is 10.4. The van der Waals surface area contributed by atoms with E-state index in [1.54, 1.807) is 0 Å². The number of nitrogens with zero attached hydrogens (tertiary/aromatic N) is 1. The van der Waals surface area contributed by atoms with Crippen LogP contribution < -0.4 is 3.69 Å². The van der Waals surface area contributed by atoms with Gasteiger partial charge in [0.1, 0.15) is 0 Å². The molecule has 0 aliphatic heterocycles. The van der Waals surface area contributed by atoms with E-state index in [0.29, 0.717) is 0 Å². The lowest BCUT2D eigenvalue weighted by molar-refractivity contribution is 0.438. The van der Waals surface area contributed by atoms with Crippen molar-refractivity contribution in [2.45, 2.75) is 0 Å². The van der Waals surface area contributed by atoms with Crippen LogP contribution in [0.3, 0.4) is 0 Å². The molecule has 0 atom stereocenters. The van der Waals surface area contributed by atoms with E-state index in [9.17, 15) is 0 Å². The third kappa shape index (κ3) is 12.8. The second-order valence-corrected chi connectivity index (χ2v) is 4.28. The van der Waals surface area contributed by atoms with Crippen LogP contribution in [-0.2, 0) is 0 Å². The Hall–Kier alpha value is 0.776. The topological polar surface area (TPSA) is 3.24 Å². The van der Waals surface area contributed by atoms with Crippen molar-refractivity contribution in [1.29, 1.82) is 0 Å². The minimum Gasteiger partial charge on any atom is -0.309 e. The molecule has 0 aliphatic rings. The van der Waals surface area contributed by atoms with Gasteiger partial charge >= 0.3 is 25.4 Å². The van der Waals surface area contributed by atoms with Crippen molar-refractivity contribution < 1.29 is 0 Å². The molecular formula is C10H17BrMgNS+2. The van der Waals surface area contributed by atoms with Crippen molar-refractivity contribution in [3.8, 4) is 0 Å². The largest absolute Gasteiger partial charge is 1.47 e. The normalized spacial score (nSPS) is 8.64. The Labute approximate surface area is 116 Å². The average Bonchev–Trinajstić information content (AvgIpc) is 2.06. The summed E-state index contributed by atoms with van der Waals surface area (Å²) in [6.07, 6.45) is 0. The van der Waals surface area contributed by atoms with Crippen LogP contribution in [0.4, 0.5) is 0 Å². The number of rotatable bonds is 2. The molecule has 7 radical (unpaired) electrons. The van der Waals surface area contributed by atoms with Gasteiger partial charge in [-0.2, -0.15) is 12.6 Å². The van der Waals surface area contributed by atoms with Crippen molar-refractivity contribution in [2.75, 3.05) is 26.4 Å². The zero-order chi connectivity index (χ0) is 10.1. The molecule has 0 amide bonds. The summed E-state index contributed by atoms with van der Waals surface area (Å²) in [5, 5.41) is 0. The molecule has 0 heterocycles. The summed E-state index contributed by atoms with van der Waals surface area (Å²) in [6.45, 7) is 1.07. The fraction of sp³-hybridized carbons (Fsp3) is 0.400. The number of halogens is 1. The molecule has 4 heteroatoms. The summed E-state index contributed by atoms with van der Waals surface area (Å²) in [4.78, 5) is 2.10. The number of hydrogen-bond donors (Lipinski definition) is 1. The first-order valence-electron chi connectivity index (χ1n) is 4.29. The molecule has 0 saturated carbocycles. The van der Waals surface area contributed by atoms with Gasteiger partial charge in [-0.25, -0.2) is 0 Å². The first kappa shape index (κ1) is 17.2. The fourth-order valence-corrected chi connectivity index (χ4v) is 1.35.